The minimum absolute atomic E-state index is 0.00239. The van der Waals surface area contributed by atoms with Crippen molar-refractivity contribution in [3.63, 3.8) is 0 Å². The van der Waals surface area contributed by atoms with Crippen LogP contribution in [0, 0.1) is 10.1 Å². The summed E-state index contributed by atoms with van der Waals surface area (Å²) in [6, 6.07) is 10.1. The lowest BCUT2D eigenvalue weighted by Gasteiger charge is -2.07. The molecule has 2 aromatic carbocycles. The van der Waals surface area contributed by atoms with Crippen molar-refractivity contribution in [2.24, 2.45) is 0 Å². The van der Waals surface area contributed by atoms with Crippen LogP contribution >= 0.6 is 39.3 Å². The fourth-order valence-corrected chi connectivity index (χ4v) is 3.54. The largest absolute Gasteiger partial charge is 0.399 e. The number of nitro benzene ring substituents is 1. The van der Waals surface area contributed by atoms with E-state index >= 15 is 0 Å². The number of rotatable bonds is 4. The van der Waals surface area contributed by atoms with Crippen molar-refractivity contribution in [3.05, 3.63) is 61.6 Å². The number of nitro groups is 1. The number of anilines is 1. The summed E-state index contributed by atoms with van der Waals surface area (Å²) < 4.78 is 0.917. The van der Waals surface area contributed by atoms with Crippen molar-refractivity contribution in [2.75, 3.05) is 5.73 Å². The average molecular weight is 374 g/mol. The summed E-state index contributed by atoms with van der Waals surface area (Å²) in [6.45, 7) is 0. The minimum atomic E-state index is -0.459. The Balaban J connectivity index is 2.13. The van der Waals surface area contributed by atoms with Crippen LogP contribution in [0.15, 0.2) is 45.8 Å². The van der Waals surface area contributed by atoms with E-state index in [1.54, 1.807) is 17.8 Å². The van der Waals surface area contributed by atoms with E-state index in [-0.39, 0.29) is 5.69 Å². The summed E-state index contributed by atoms with van der Waals surface area (Å²) >= 11 is 11.1. The van der Waals surface area contributed by atoms with E-state index in [2.05, 4.69) is 15.9 Å². The molecule has 4 nitrogen and oxygen atoms in total. The third-order valence-corrected chi connectivity index (χ3v) is 4.98. The van der Waals surface area contributed by atoms with Gasteiger partial charge in [0.05, 0.1) is 9.95 Å². The Bertz CT molecular complexity index is 667. The molecule has 2 aromatic rings. The van der Waals surface area contributed by atoms with Gasteiger partial charge < -0.3 is 5.73 Å². The van der Waals surface area contributed by atoms with Crippen LogP contribution in [0.5, 0.6) is 0 Å². The summed E-state index contributed by atoms with van der Waals surface area (Å²) in [7, 11) is 0. The molecule has 7 heteroatoms. The molecule has 0 atom stereocenters. The number of nitrogen functional groups attached to an aromatic ring is 1. The van der Waals surface area contributed by atoms with E-state index in [9.17, 15) is 10.1 Å². The second-order valence-corrected chi connectivity index (χ2v) is 6.29. The zero-order valence-corrected chi connectivity index (χ0v) is 13.3. The standard InChI is InChI=1S/C13H10BrClN2O2S/c14-11-5-9(16)2-4-13(11)20-7-8-1-3-10(17(18)19)6-12(8)15/h1-6H,7,16H2. The first-order chi connectivity index (χ1) is 9.47. The van der Waals surface area contributed by atoms with Crippen LogP contribution in [0.25, 0.3) is 0 Å². The molecule has 0 aliphatic heterocycles. The first-order valence-electron chi connectivity index (χ1n) is 5.58. The van der Waals surface area contributed by atoms with E-state index in [1.807, 2.05) is 18.2 Å². The Kier molecular flexibility index (Phi) is 4.91. The summed E-state index contributed by atoms with van der Waals surface area (Å²) in [5, 5.41) is 11.0. The molecule has 2 rings (SSSR count). The van der Waals surface area contributed by atoms with E-state index in [0.29, 0.717) is 16.5 Å². The van der Waals surface area contributed by atoms with Gasteiger partial charge in [-0.25, -0.2) is 0 Å². The first-order valence-corrected chi connectivity index (χ1v) is 7.73. The van der Waals surface area contributed by atoms with Gasteiger partial charge in [0.15, 0.2) is 0 Å². The molecule has 2 N–H and O–H groups in total. The van der Waals surface area contributed by atoms with Crippen molar-refractivity contribution in [3.8, 4) is 0 Å². The Morgan fingerprint density at radius 1 is 1.30 bits per heavy atom. The molecule has 0 aliphatic carbocycles. The van der Waals surface area contributed by atoms with E-state index in [4.69, 9.17) is 17.3 Å². The molecule has 0 aromatic heterocycles. The Morgan fingerprint density at radius 2 is 2.05 bits per heavy atom. The molecule has 0 unspecified atom stereocenters. The quantitative estimate of drug-likeness (QED) is 0.359. The second-order valence-electron chi connectivity index (χ2n) is 4.01. The molecule has 0 saturated heterocycles. The molecule has 0 bridgehead atoms. The van der Waals surface area contributed by atoms with E-state index in [1.165, 1.54) is 12.1 Å². The Hall–Kier alpha value is -1.24. The summed E-state index contributed by atoms with van der Waals surface area (Å²) in [6.07, 6.45) is 0. The van der Waals surface area contributed by atoms with Crippen LogP contribution in [0.4, 0.5) is 11.4 Å². The van der Waals surface area contributed by atoms with Crippen LogP contribution in [-0.2, 0) is 5.75 Å². The van der Waals surface area contributed by atoms with Gasteiger partial charge in [0.2, 0.25) is 0 Å². The van der Waals surface area contributed by atoms with Crippen LogP contribution in [0.2, 0.25) is 5.02 Å². The normalized spacial score (nSPS) is 10.5. The molecule has 104 valence electrons. The molecule has 20 heavy (non-hydrogen) atoms. The van der Waals surface area contributed by atoms with Gasteiger partial charge in [-0.3, -0.25) is 10.1 Å². The van der Waals surface area contributed by atoms with Gasteiger partial charge in [-0.15, -0.1) is 11.8 Å². The molecular weight excluding hydrogens is 364 g/mol. The third-order valence-electron chi connectivity index (χ3n) is 2.59. The number of halogens is 2. The van der Waals surface area contributed by atoms with Crippen molar-refractivity contribution in [1.29, 1.82) is 0 Å². The van der Waals surface area contributed by atoms with Gasteiger partial charge in [-0.05, 0) is 45.8 Å². The number of hydrogen-bond donors (Lipinski definition) is 1. The fraction of sp³-hybridized carbons (Fsp3) is 0.0769. The maximum Gasteiger partial charge on any atom is 0.270 e. The number of nitrogens with zero attached hydrogens (tertiary/aromatic N) is 1. The van der Waals surface area contributed by atoms with Gasteiger partial charge in [-0.1, -0.05) is 11.6 Å². The lowest BCUT2D eigenvalue weighted by Crippen LogP contribution is -1.90. The SMILES string of the molecule is Nc1ccc(SCc2ccc([N+](=O)[O-])cc2Cl)c(Br)c1. The van der Waals surface area contributed by atoms with Crippen LogP contribution < -0.4 is 5.73 Å². The average Bonchev–Trinajstić information content (AvgIpc) is 2.38. The predicted octanol–water partition coefficient (Wildman–Crippen LogP) is 4.89. The molecule has 0 saturated carbocycles. The predicted molar refractivity (Wildman–Crippen MR) is 86.2 cm³/mol. The Labute approximate surface area is 133 Å². The zero-order chi connectivity index (χ0) is 14.7. The molecular formula is C13H10BrClN2O2S. The van der Waals surface area contributed by atoms with Crippen molar-refractivity contribution in [2.45, 2.75) is 10.6 Å². The molecule has 0 fully saturated rings. The number of hydrogen-bond acceptors (Lipinski definition) is 4. The fourth-order valence-electron chi connectivity index (χ4n) is 1.56. The summed E-state index contributed by atoms with van der Waals surface area (Å²) in [4.78, 5) is 11.2. The van der Waals surface area contributed by atoms with Crippen LogP contribution in [0.3, 0.4) is 0 Å². The van der Waals surface area contributed by atoms with Gasteiger partial charge in [0.1, 0.15) is 0 Å². The molecule has 0 amide bonds. The highest BCUT2D eigenvalue weighted by atomic mass is 79.9. The number of thioether (sulfide) groups is 1. The van der Waals surface area contributed by atoms with Crippen molar-refractivity contribution >= 4 is 50.7 Å². The monoisotopic (exact) mass is 372 g/mol. The van der Waals surface area contributed by atoms with Crippen molar-refractivity contribution in [1.82, 2.24) is 0 Å². The minimum Gasteiger partial charge on any atom is -0.399 e. The van der Waals surface area contributed by atoms with Gasteiger partial charge in [0, 0.05) is 32.9 Å². The summed E-state index contributed by atoms with van der Waals surface area (Å²) in [5.41, 5.74) is 7.22. The first kappa shape index (κ1) is 15.2. The number of non-ortho nitro benzene ring substituents is 1. The topological polar surface area (TPSA) is 69.2 Å². The smallest absolute Gasteiger partial charge is 0.270 e. The van der Waals surface area contributed by atoms with Crippen LogP contribution in [-0.4, -0.2) is 4.92 Å². The molecule has 0 radical (unpaired) electrons. The number of nitrogens with two attached hydrogens (primary N) is 1. The summed E-state index contributed by atoms with van der Waals surface area (Å²) in [5.74, 6) is 0.624. The molecule has 0 heterocycles. The maximum absolute atomic E-state index is 10.6. The van der Waals surface area contributed by atoms with Gasteiger partial charge in [0.25, 0.3) is 5.69 Å². The van der Waals surface area contributed by atoms with Gasteiger partial charge in [-0.2, -0.15) is 0 Å². The van der Waals surface area contributed by atoms with Crippen LogP contribution in [0.1, 0.15) is 5.56 Å². The highest BCUT2D eigenvalue weighted by molar-refractivity contribution is 9.10. The maximum atomic E-state index is 10.6. The lowest BCUT2D eigenvalue weighted by molar-refractivity contribution is -0.384. The lowest BCUT2D eigenvalue weighted by atomic mass is 10.2. The van der Waals surface area contributed by atoms with Crippen molar-refractivity contribution < 1.29 is 4.92 Å². The second kappa shape index (κ2) is 6.47. The zero-order valence-electron chi connectivity index (χ0n) is 10.2. The molecule has 0 spiro atoms. The highest BCUT2D eigenvalue weighted by Crippen LogP contribution is 2.33. The van der Waals surface area contributed by atoms with Gasteiger partial charge >= 0.3 is 0 Å². The molecule has 0 aliphatic rings. The van der Waals surface area contributed by atoms with E-state index in [0.717, 1.165) is 14.9 Å². The highest BCUT2D eigenvalue weighted by Gasteiger charge is 2.10. The number of benzene rings is 2. The third kappa shape index (κ3) is 3.65. The van der Waals surface area contributed by atoms with E-state index < -0.39 is 4.92 Å². The Morgan fingerprint density at radius 3 is 2.65 bits per heavy atom.